The molecular weight excluding hydrogens is 491 g/mol. The van der Waals surface area contributed by atoms with Crippen LogP contribution >= 0.6 is 0 Å². The van der Waals surface area contributed by atoms with Crippen LogP contribution in [0.15, 0.2) is 66.9 Å². The summed E-state index contributed by atoms with van der Waals surface area (Å²) in [5, 5.41) is 12.5. The molecule has 0 unspecified atom stereocenters. The van der Waals surface area contributed by atoms with Crippen LogP contribution in [0.4, 0.5) is 26.5 Å². The second-order valence-corrected chi connectivity index (χ2v) is 9.56. The first kappa shape index (κ1) is 24.8. The van der Waals surface area contributed by atoms with E-state index in [1.807, 2.05) is 51.1 Å². The Balaban J connectivity index is 1.32. The van der Waals surface area contributed by atoms with Gasteiger partial charge in [0.05, 0.1) is 17.1 Å². The molecule has 0 radical (unpaired) electrons. The number of aromatic nitrogens is 3. The average molecular weight is 517 g/mol. The summed E-state index contributed by atoms with van der Waals surface area (Å²) >= 11 is 0. The number of carbonyl (C=O) groups excluding carboxylic acids is 2. The van der Waals surface area contributed by atoms with E-state index < -0.39 is 11.8 Å². The van der Waals surface area contributed by atoms with Gasteiger partial charge in [0.1, 0.15) is 17.4 Å². The van der Waals surface area contributed by atoms with Gasteiger partial charge in [-0.15, -0.1) is 0 Å². The van der Waals surface area contributed by atoms with Gasteiger partial charge in [-0.3, -0.25) is 10.1 Å². The molecule has 0 saturated carbocycles. The second kappa shape index (κ2) is 9.85. The summed E-state index contributed by atoms with van der Waals surface area (Å²) in [4.78, 5) is 28.4. The van der Waals surface area contributed by atoms with Crippen molar-refractivity contribution < 1.29 is 23.5 Å². The number of anilines is 3. The van der Waals surface area contributed by atoms with Crippen molar-refractivity contribution in [1.29, 1.82) is 0 Å². The first-order valence-electron chi connectivity index (χ1n) is 11.8. The molecule has 0 fully saturated rings. The molecule has 38 heavy (non-hydrogen) atoms. The van der Waals surface area contributed by atoms with Gasteiger partial charge in [0.15, 0.2) is 18.2 Å². The molecule has 0 spiro atoms. The Bertz CT molecular complexity index is 1510. The molecule has 0 bridgehead atoms. The van der Waals surface area contributed by atoms with Crippen molar-refractivity contribution in [2.75, 3.05) is 22.6 Å². The summed E-state index contributed by atoms with van der Waals surface area (Å²) in [6.07, 6.45) is 1.44. The third-order valence-corrected chi connectivity index (χ3v) is 5.61. The number of benzene rings is 2. The van der Waals surface area contributed by atoms with Gasteiger partial charge < -0.3 is 20.1 Å². The van der Waals surface area contributed by atoms with Crippen LogP contribution in [0.2, 0.25) is 0 Å². The highest BCUT2D eigenvalue weighted by atomic mass is 19.1. The number of rotatable bonds is 5. The zero-order chi connectivity index (χ0) is 26.9. The smallest absolute Gasteiger partial charge is 0.324 e. The molecule has 3 N–H and O–H groups in total. The van der Waals surface area contributed by atoms with Gasteiger partial charge in [0, 0.05) is 29.8 Å². The molecule has 10 nitrogen and oxygen atoms in total. The highest BCUT2D eigenvalue weighted by Gasteiger charge is 2.23. The molecule has 11 heteroatoms. The molecule has 1 aliphatic heterocycles. The summed E-state index contributed by atoms with van der Waals surface area (Å²) in [5.74, 6) is 0.298. The van der Waals surface area contributed by atoms with Crippen LogP contribution in [-0.4, -0.2) is 33.3 Å². The fourth-order valence-corrected chi connectivity index (χ4v) is 3.71. The number of nitrogens with zero attached hydrogens (tertiary/aromatic N) is 3. The lowest BCUT2D eigenvalue weighted by molar-refractivity contribution is -0.118. The lowest BCUT2D eigenvalue weighted by Crippen LogP contribution is -2.26. The number of carbonyl (C=O) groups is 2. The minimum absolute atomic E-state index is 0.0445. The number of pyridine rings is 1. The minimum atomic E-state index is -0.707. The van der Waals surface area contributed by atoms with E-state index in [4.69, 9.17) is 9.47 Å². The minimum Gasteiger partial charge on any atom is -0.476 e. The molecule has 1 aliphatic rings. The van der Waals surface area contributed by atoms with Crippen LogP contribution < -0.4 is 25.4 Å². The lowest BCUT2D eigenvalue weighted by atomic mass is 9.92. The Morgan fingerprint density at radius 3 is 2.63 bits per heavy atom. The quantitative estimate of drug-likeness (QED) is 0.324. The molecule has 2 aromatic heterocycles. The Kier molecular flexibility index (Phi) is 6.41. The molecule has 2 aromatic carbocycles. The van der Waals surface area contributed by atoms with E-state index in [1.165, 1.54) is 24.4 Å². The van der Waals surface area contributed by atoms with Crippen molar-refractivity contribution in [3.05, 3.63) is 78.4 Å². The highest BCUT2D eigenvalue weighted by Crippen LogP contribution is 2.38. The Morgan fingerprint density at radius 2 is 1.89 bits per heavy atom. The molecule has 5 rings (SSSR count). The summed E-state index contributed by atoms with van der Waals surface area (Å²) in [6.45, 7) is 5.90. The number of nitrogens with one attached hydrogen (secondary N) is 3. The maximum absolute atomic E-state index is 14.9. The predicted molar refractivity (Wildman–Crippen MR) is 140 cm³/mol. The second-order valence-electron chi connectivity index (χ2n) is 9.56. The van der Waals surface area contributed by atoms with E-state index in [1.54, 1.807) is 10.7 Å². The summed E-state index contributed by atoms with van der Waals surface area (Å²) in [7, 11) is 0. The zero-order valence-corrected chi connectivity index (χ0v) is 20.9. The largest absolute Gasteiger partial charge is 0.476 e. The first-order chi connectivity index (χ1) is 18.2. The first-order valence-corrected chi connectivity index (χ1v) is 11.8. The normalized spacial score (nSPS) is 12.7. The van der Waals surface area contributed by atoms with Crippen molar-refractivity contribution in [3.63, 3.8) is 0 Å². The molecular formula is C27H25FN6O4. The van der Waals surface area contributed by atoms with Crippen LogP contribution in [0.3, 0.4) is 0 Å². The van der Waals surface area contributed by atoms with Crippen molar-refractivity contribution in [2.24, 2.45) is 0 Å². The van der Waals surface area contributed by atoms with Crippen LogP contribution in [0, 0.1) is 5.82 Å². The van der Waals surface area contributed by atoms with Crippen molar-refractivity contribution in [3.8, 4) is 22.9 Å². The number of hydrogen-bond acceptors (Lipinski definition) is 6. The lowest BCUT2D eigenvalue weighted by Gasteiger charge is -2.19. The number of hydrogen-bond donors (Lipinski definition) is 3. The Hall–Kier alpha value is -4.93. The van der Waals surface area contributed by atoms with Crippen LogP contribution in [-0.2, 0) is 10.2 Å². The van der Waals surface area contributed by atoms with Crippen LogP contribution in [0.25, 0.3) is 5.69 Å². The monoisotopic (exact) mass is 516 g/mol. The van der Waals surface area contributed by atoms with Gasteiger partial charge in [-0.25, -0.2) is 18.9 Å². The molecule has 4 aromatic rings. The van der Waals surface area contributed by atoms with Crippen LogP contribution in [0.5, 0.6) is 17.2 Å². The fourth-order valence-electron chi connectivity index (χ4n) is 3.71. The Morgan fingerprint density at radius 1 is 1.11 bits per heavy atom. The van der Waals surface area contributed by atoms with E-state index >= 15 is 0 Å². The molecule has 3 heterocycles. The number of para-hydroxylation sites is 1. The maximum Gasteiger partial charge on any atom is 0.324 e. The fraction of sp³-hybridized carbons (Fsp3) is 0.185. The molecule has 0 saturated heterocycles. The number of fused-ring (bicyclic) bond motifs is 1. The zero-order valence-electron chi connectivity index (χ0n) is 20.9. The van der Waals surface area contributed by atoms with Crippen molar-refractivity contribution >= 4 is 29.3 Å². The number of halogens is 1. The van der Waals surface area contributed by atoms with E-state index in [9.17, 15) is 14.0 Å². The van der Waals surface area contributed by atoms with E-state index in [-0.39, 0.29) is 46.7 Å². The molecule has 3 amide bonds. The van der Waals surface area contributed by atoms with Gasteiger partial charge in [0.25, 0.3) is 5.91 Å². The average Bonchev–Trinajstić information content (AvgIpc) is 3.30. The summed E-state index contributed by atoms with van der Waals surface area (Å²) in [5.41, 5.74) is 1.26. The van der Waals surface area contributed by atoms with Gasteiger partial charge in [-0.05, 0) is 24.3 Å². The third kappa shape index (κ3) is 5.26. The predicted octanol–water partition coefficient (Wildman–Crippen LogP) is 5.47. The van der Waals surface area contributed by atoms with E-state index in [0.717, 1.165) is 17.4 Å². The molecule has 0 atom stereocenters. The maximum atomic E-state index is 14.9. The third-order valence-electron chi connectivity index (χ3n) is 5.61. The molecule has 194 valence electrons. The van der Waals surface area contributed by atoms with Gasteiger partial charge in [-0.1, -0.05) is 39.0 Å². The van der Waals surface area contributed by atoms with Crippen molar-refractivity contribution in [1.82, 2.24) is 14.8 Å². The van der Waals surface area contributed by atoms with E-state index in [2.05, 4.69) is 26.0 Å². The Labute approximate surface area is 217 Å². The van der Waals surface area contributed by atoms with Crippen molar-refractivity contribution in [2.45, 2.75) is 26.2 Å². The topological polar surface area (TPSA) is 119 Å². The highest BCUT2D eigenvalue weighted by molar-refractivity contribution is 5.99. The standard InChI is InChI=1S/C27H25FN6O4/c1-27(2,3)21-14-22(34(33-21)16-7-5-4-6-8-16)31-26(36)30-19-10-9-17(13-18(19)28)38-20-11-12-29-25-24(20)37-15-23(35)32-25/h4-14H,15H2,1-3H3,(H,29,32,35)(H2,30,31,36). The van der Waals surface area contributed by atoms with Gasteiger partial charge in [-0.2, -0.15) is 5.10 Å². The van der Waals surface area contributed by atoms with Gasteiger partial charge in [0.2, 0.25) is 5.75 Å². The number of ether oxygens (including phenoxy) is 2. The number of urea groups is 1. The summed E-state index contributed by atoms with van der Waals surface area (Å²) in [6, 6.07) is 16.1. The molecule has 0 aliphatic carbocycles. The number of amides is 3. The van der Waals surface area contributed by atoms with Crippen LogP contribution in [0.1, 0.15) is 26.5 Å². The SMILES string of the molecule is CC(C)(C)c1cc(NC(=O)Nc2ccc(Oc3ccnc4c3OCC(=O)N4)cc2F)n(-c2ccccc2)n1. The summed E-state index contributed by atoms with van der Waals surface area (Å²) < 4.78 is 27.7. The van der Waals surface area contributed by atoms with Gasteiger partial charge >= 0.3 is 6.03 Å². The van der Waals surface area contributed by atoms with E-state index in [0.29, 0.717) is 5.82 Å².